The van der Waals surface area contributed by atoms with Gasteiger partial charge >= 0.3 is 5.97 Å². The molecule has 1 unspecified atom stereocenters. The van der Waals surface area contributed by atoms with Crippen molar-refractivity contribution in [3.63, 3.8) is 0 Å². The first-order valence-electron chi connectivity index (χ1n) is 10.9. The van der Waals surface area contributed by atoms with Crippen LogP contribution in [0.15, 0.2) is 72.8 Å². The van der Waals surface area contributed by atoms with Crippen LogP contribution in [0.3, 0.4) is 0 Å². The number of unbranched alkanes of at least 4 members (excludes halogenated alkanes) is 1. The van der Waals surface area contributed by atoms with E-state index in [4.69, 9.17) is 23.7 Å². The summed E-state index contributed by atoms with van der Waals surface area (Å²) in [5.74, 6) is 2.35. The SMILES string of the molecule is O=C(Oc1ccc(OCCCCOc2ccc(O)cc2)cc1)c1ccc(OCC2CO2)cc1. The fourth-order valence-electron chi connectivity index (χ4n) is 2.94. The smallest absolute Gasteiger partial charge is 0.343 e. The molecule has 0 spiro atoms. The molecule has 1 N–H and O–H groups in total. The number of aromatic hydroxyl groups is 1. The molecule has 1 saturated heterocycles. The Morgan fingerprint density at radius 3 is 1.82 bits per heavy atom. The van der Waals surface area contributed by atoms with Crippen molar-refractivity contribution in [2.75, 3.05) is 26.4 Å². The fraction of sp³-hybridized carbons (Fsp3) is 0.269. The van der Waals surface area contributed by atoms with Crippen LogP contribution in [0.2, 0.25) is 0 Å². The molecule has 3 aromatic rings. The molecule has 7 heteroatoms. The predicted molar refractivity (Wildman–Crippen MR) is 121 cm³/mol. The topological polar surface area (TPSA) is 86.8 Å². The van der Waals surface area contributed by atoms with Crippen LogP contribution in [0.5, 0.6) is 28.7 Å². The molecule has 0 saturated carbocycles. The van der Waals surface area contributed by atoms with Crippen molar-refractivity contribution < 1.29 is 33.6 Å². The summed E-state index contributed by atoms with van der Waals surface area (Å²) in [5.41, 5.74) is 0.444. The normalized spacial score (nSPS) is 14.4. The molecule has 1 atom stereocenters. The Morgan fingerprint density at radius 2 is 1.24 bits per heavy atom. The summed E-state index contributed by atoms with van der Waals surface area (Å²) in [4.78, 5) is 12.3. The monoisotopic (exact) mass is 450 g/mol. The summed E-state index contributed by atoms with van der Waals surface area (Å²) >= 11 is 0. The molecule has 0 aromatic heterocycles. The zero-order valence-electron chi connectivity index (χ0n) is 18.1. The number of hydrogen-bond donors (Lipinski definition) is 1. The van der Waals surface area contributed by atoms with E-state index >= 15 is 0 Å². The second-order valence-electron chi connectivity index (χ2n) is 7.55. The lowest BCUT2D eigenvalue weighted by molar-refractivity contribution is 0.0734. The van der Waals surface area contributed by atoms with Crippen LogP contribution in [0.1, 0.15) is 23.2 Å². The van der Waals surface area contributed by atoms with E-state index in [0.717, 1.165) is 25.2 Å². The van der Waals surface area contributed by atoms with Gasteiger partial charge in [-0.15, -0.1) is 0 Å². The number of rotatable bonds is 12. The second kappa shape index (κ2) is 11.2. The molecular weight excluding hydrogens is 424 g/mol. The van der Waals surface area contributed by atoms with Crippen molar-refractivity contribution in [2.24, 2.45) is 0 Å². The minimum atomic E-state index is -0.436. The lowest BCUT2D eigenvalue weighted by Crippen LogP contribution is -2.09. The lowest BCUT2D eigenvalue weighted by Gasteiger charge is -2.09. The Hall–Kier alpha value is -3.71. The number of epoxide rings is 1. The summed E-state index contributed by atoms with van der Waals surface area (Å²) in [6, 6.07) is 20.4. The van der Waals surface area contributed by atoms with Gasteiger partial charge in [0.2, 0.25) is 0 Å². The summed E-state index contributed by atoms with van der Waals surface area (Å²) in [6.07, 6.45) is 1.86. The first-order valence-corrected chi connectivity index (χ1v) is 10.9. The molecule has 0 radical (unpaired) electrons. The molecule has 1 heterocycles. The molecule has 33 heavy (non-hydrogen) atoms. The van der Waals surface area contributed by atoms with E-state index in [1.807, 2.05) is 0 Å². The van der Waals surface area contributed by atoms with Gasteiger partial charge in [0.1, 0.15) is 41.5 Å². The third-order valence-corrected chi connectivity index (χ3v) is 4.88. The number of hydrogen-bond acceptors (Lipinski definition) is 7. The van der Waals surface area contributed by atoms with Gasteiger partial charge in [-0.25, -0.2) is 4.79 Å². The zero-order valence-corrected chi connectivity index (χ0v) is 18.1. The second-order valence-corrected chi connectivity index (χ2v) is 7.55. The Labute approximate surface area is 192 Å². The van der Waals surface area contributed by atoms with Gasteiger partial charge in [-0.3, -0.25) is 0 Å². The maximum atomic E-state index is 12.3. The van der Waals surface area contributed by atoms with E-state index in [9.17, 15) is 9.90 Å². The highest BCUT2D eigenvalue weighted by molar-refractivity contribution is 5.91. The first kappa shape index (κ1) is 22.5. The van der Waals surface area contributed by atoms with Gasteiger partial charge in [0.05, 0.1) is 25.4 Å². The molecule has 7 nitrogen and oxygen atoms in total. The Morgan fingerprint density at radius 1 is 0.758 bits per heavy atom. The van der Waals surface area contributed by atoms with Crippen molar-refractivity contribution in [1.29, 1.82) is 0 Å². The number of phenolic OH excluding ortho intramolecular Hbond substituents is 1. The van der Waals surface area contributed by atoms with E-state index in [1.54, 1.807) is 72.8 Å². The van der Waals surface area contributed by atoms with Crippen LogP contribution >= 0.6 is 0 Å². The van der Waals surface area contributed by atoms with Crippen molar-refractivity contribution in [3.05, 3.63) is 78.4 Å². The maximum absolute atomic E-state index is 12.3. The average Bonchev–Trinajstić information content (AvgIpc) is 3.67. The highest BCUT2D eigenvalue weighted by Gasteiger charge is 2.23. The van der Waals surface area contributed by atoms with E-state index in [-0.39, 0.29) is 11.9 Å². The summed E-state index contributed by atoms with van der Waals surface area (Å²) in [7, 11) is 0. The van der Waals surface area contributed by atoms with Gasteiger partial charge in [-0.05, 0) is 85.6 Å². The van der Waals surface area contributed by atoms with Crippen molar-refractivity contribution in [3.8, 4) is 28.7 Å². The van der Waals surface area contributed by atoms with Crippen LogP contribution in [0, 0.1) is 0 Å². The van der Waals surface area contributed by atoms with Crippen LogP contribution < -0.4 is 18.9 Å². The fourth-order valence-corrected chi connectivity index (χ4v) is 2.94. The van der Waals surface area contributed by atoms with Gasteiger partial charge in [-0.1, -0.05) is 0 Å². The average molecular weight is 450 g/mol. The Balaban J connectivity index is 1.13. The summed E-state index contributed by atoms with van der Waals surface area (Å²) in [6.45, 7) is 2.39. The van der Waals surface area contributed by atoms with Crippen LogP contribution in [0.25, 0.3) is 0 Å². The largest absolute Gasteiger partial charge is 0.508 e. The lowest BCUT2D eigenvalue weighted by atomic mass is 10.2. The summed E-state index contributed by atoms with van der Waals surface area (Å²) in [5, 5.41) is 9.26. The molecule has 1 fully saturated rings. The van der Waals surface area contributed by atoms with E-state index in [0.29, 0.717) is 42.6 Å². The van der Waals surface area contributed by atoms with E-state index in [2.05, 4.69) is 0 Å². The van der Waals surface area contributed by atoms with Crippen molar-refractivity contribution >= 4 is 5.97 Å². The summed E-state index contributed by atoms with van der Waals surface area (Å²) < 4.78 is 27.4. The van der Waals surface area contributed by atoms with Crippen LogP contribution in [-0.4, -0.2) is 43.6 Å². The highest BCUT2D eigenvalue weighted by Crippen LogP contribution is 2.21. The molecular formula is C26H26O7. The van der Waals surface area contributed by atoms with Gasteiger partial charge in [0, 0.05) is 0 Å². The Bertz CT molecular complexity index is 1010. The molecule has 1 aliphatic heterocycles. The van der Waals surface area contributed by atoms with Crippen molar-refractivity contribution in [1.82, 2.24) is 0 Å². The molecule has 1 aliphatic rings. The molecule has 3 aromatic carbocycles. The van der Waals surface area contributed by atoms with Crippen LogP contribution in [0.4, 0.5) is 0 Å². The zero-order chi connectivity index (χ0) is 22.9. The third kappa shape index (κ3) is 7.43. The molecule has 0 aliphatic carbocycles. The standard InChI is InChI=1S/C26H26O7/c27-20-5-9-21(10-6-20)29-15-1-2-16-30-22-11-13-24(14-12-22)33-26(28)19-3-7-23(8-4-19)31-17-25-18-32-25/h3-14,25,27H,1-2,15-18H2. The van der Waals surface area contributed by atoms with Gasteiger partial charge < -0.3 is 28.8 Å². The number of ether oxygens (including phenoxy) is 5. The minimum absolute atomic E-state index is 0.187. The van der Waals surface area contributed by atoms with Crippen LogP contribution in [-0.2, 0) is 4.74 Å². The van der Waals surface area contributed by atoms with Gasteiger partial charge in [0.25, 0.3) is 0 Å². The quantitative estimate of drug-likeness (QED) is 0.186. The van der Waals surface area contributed by atoms with E-state index < -0.39 is 5.97 Å². The Kier molecular flexibility index (Phi) is 7.66. The van der Waals surface area contributed by atoms with Gasteiger partial charge in [-0.2, -0.15) is 0 Å². The molecule has 0 bridgehead atoms. The number of phenols is 1. The first-order chi connectivity index (χ1) is 16.2. The molecule has 0 amide bonds. The number of carbonyl (C=O) groups excluding carboxylic acids is 1. The molecule has 172 valence electrons. The predicted octanol–water partition coefficient (Wildman–Crippen LogP) is 4.63. The van der Waals surface area contributed by atoms with Crippen molar-refractivity contribution in [2.45, 2.75) is 18.9 Å². The minimum Gasteiger partial charge on any atom is -0.508 e. The number of benzene rings is 3. The third-order valence-electron chi connectivity index (χ3n) is 4.88. The maximum Gasteiger partial charge on any atom is 0.343 e. The van der Waals surface area contributed by atoms with Gasteiger partial charge in [0.15, 0.2) is 0 Å². The van der Waals surface area contributed by atoms with E-state index in [1.165, 1.54) is 0 Å². The number of carbonyl (C=O) groups is 1. The molecule has 4 rings (SSSR count). The number of esters is 1. The highest BCUT2D eigenvalue weighted by atomic mass is 16.6.